The third-order valence-electron chi connectivity index (χ3n) is 4.68. The average Bonchev–Trinajstić information content (AvgIpc) is 2.65. The molecule has 148 valence electrons. The highest BCUT2D eigenvalue weighted by Gasteiger charge is 2.21. The molecule has 1 aliphatic carbocycles. The predicted octanol–water partition coefficient (Wildman–Crippen LogP) is 2.55. The molecule has 1 aliphatic heterocycles. The van der Waals surface area contributed by atoms with Crippen LogP contribution in [0.5, 0.6) is 11.5 Å². The second kappa shape index (κ2) is 8.75. The van der Waals surface area contributed by atoms with Gasteiger partial charge in [0.15, 0.2) is 11.5 Å². The number of carbonyl (C=O) groups is 1. The first kappa shape index (κ1) is 19.7. The number of rotatable bonds is 7. The van der Waals surface area contributed by atoms with Gasteiger partial charge in [-0.2, -0.15) is 4.31 Å². The minimum absolute atomic E-state index is 0.208. The molecule has 0 radical (unpaired) electrons. The molecule has 0 fully saturated rings. The van der Waals surface area contributed by atoms with Crippen molar-refractivity contribution >= 4 is 21.6 Å². The Morgan fingerprint density at radius 3 is 2.67 bits per heavy atom. The third kappa shape index (κ3) is 5.71. The summed E-state index contributed by atoms with van der Waals surface area (Å²) in [7, 11) is -3.47. The van der Waals surface area contributed by atoms with Crippen molar-refractivity contribution < 1.29 is 22.7 Å². The van der Waals surface area contributed by atoms with Gasteiger partial charge in [0.2, 0.25) is 15.9 Å². The lowest BCUT2D eigenvalue weighted by atomic mass is 9.97. The first-order valence-electron chi connectivity index (χ1n) is 9.24. The Hall–Kier alpha value is -2.06. The van der Waals surface area contributed by atoms with Crippen LogP contribution >= 0.6 is 0 Å². The number of hydrogen-bond acceptors (Lipinski definition) is 5. The van der Waals surface area contributed by atoms with Gasteiger partial charge < -0.3 is 14.8 Å². The number of anilines is 1. The van der Waals surface area contributed by atoms with E-state index in [0.717, 1.165) is 25.5 Å². The van der Waals surface area contributed by atoms with E-state index in [4.69, 9.17) is 9.47 Å². The predicted molar refractivity (Wildman–Crippen MR) is 104 cm³/mol. The van der Waals surface area contributed by atoms with Crippen LogP contribution in [0.3, 0.4) is 0 Å². The van der Waals surface area contributed by atoms with E-state index in [2.05, 4.69) is 11.4 Å². The molecule has 1 aromatic rings. The molecule has 1 heterocycles. The van der Waals surface area contributed by atoms with Crippen molar-refractivity contribution in [3.05, 3.63) is 29.8 Å². The van der Waals surface area contributed by atoms with Crippen molar-refractivity contribution in [1.29, 1.82) is 0 Å². The normalized spacial score (nSPS) is 16.7. The van der Waals surface area contributed by atoms with Crippen molar-refractivity contribution in [2.45, 2.75) is 32.1 Å². The van der Waals surface area contributed by atoms with E-state index in [1.165, 1.54) is 16.3 Å². The summed E-state index contributed by atoms with van der Waals surface area (Å²) in [5.41, 5.74) is 1.83. The Morgan fingerprint density at radius 2 is 1.96 bits per heavy atom. The van der Waals surface area contributed by atoms with Crippen LogP contribution in [0.1, 0.15) is 32.1 Å². The maximum absolute atomic E-state index is 12.4. The molecular formula is C19H26N2O5S. The van der Waals surface area contributed by atoms with Gasteiger partial charge in [-0.1, -0.05) is 11.6 Å². The van der Waals surface area contributed by atoms with E-state index in [1.54, 1.807) is 18.2 Å². The number of carbonyl (C=O) groups excluding carboxylic acids is 1. The van der Waals surface area contributed by atoms with Crippen molar-refractivity contribution in [1.82, 2.24) is 4.31 Å². The first-order chi connectivity index (χ1) is 12.9. The van der Waals surface area contributed by atoms with Gasteiger partial charge in [0.05, 0.1) is 12.8 Å². The number of amides is 1. The molecule has 1 N–H and O–H groups in total. The number of sulfonamides is 1. The zero-order valence-corrected chi connectivity index (χ0v) is 16.4. The van der Waals surface area contributed by atoms with Gasteiger partial charge in [-0.05, 0) is 44.2 Å². The highest BCUT2D eigenvalue weighted by molar-refractivity contribution is 7.88. The number of nitrogens with one attached hydrogen (secondary N) is 1. The smallest absolute Gasteiger partial charge is 0.239 e. The van der Waals surface area contributed by atoms with Gasteiger partial charge in [-0.25, -0.2) is 8.42 Å². The Kier molecular flexibility index (Phi) is 6.38. The molecule has 0 aromatic heterocycles. The molecule has 8 heteroatoms. The van der Waals surface area contributed by atoms with Crippen LogP contribution in [0.4, 0.5) is 5.69 Å². The van der Waals surface area contributed by atoms with Crippen LogP contribution < -0.4 is 14.8 Å². The molecule has 0 unspecified atom stereocenters. The van der Waals surface area contributed by atoms with Gasteiger partial charge in [0, 0.05) is 18.3 Å². The fourth-order valence-corrected chi connectivity index (χ4v) is 4.02. The summed E-state index contributed by atoms with van der Waals surface area (Å²) < 4.78 is 36.3. The Morgan fingerprint density at radius 1 is 1.19 bits per heavy atom. The van der Waals surface area contributed by atoms with E-state index in [-0.39, 0.29) is 12.5 Å². The minimum Gasteiger partial charge on any atom is -0.486 e. The molecule has 0 bridgehead atoms. The summed E-state index contributed by atoms with van der Waals surface area (Å²) >= 11 is 0. The Bertz CT molecular complexity index is 819. The van der Waals surface area contributed by atoms with E-state index in [9.17, 15) is 13.2 Å². The SMILES string of the molecule is CS(=O)(=O)N(CCC1=CCCCC1)CC(=O)Nc1ccc2c(c1)OCCO2. The largest absolute Gasteiger partial charge is 0.486 e. The van der Waals surface area contributed by atoms with E-state index < -0.39 is 10.0 Å². The summed E-state index contributed by atoms with van der Waals surface area (Å²) in [5.74, 6) is 0.829. The summed E-state index contributed by atoms with van der Waals surface area (Å²) in [5, 5.41) is 2.74. The number of benzene rings is 1. The van der Waals surface area contributed by atoms with Crippen molar-refractivity contribution in [3.8, 4) is 11.5 Å². The average molecular weight is 394 g/mol. The number of nitrogens with zero attached hydrogens (tertiary/aromatic N) is 1. The van der Waals surface area contributed by atoms with Crippen LogP contribution in [0.25, 0.3) is 0 Å². The molecule has 7 nitrogen and oxygen atoms in total. The lowest BCUT2D eigenvalue weighted by Gasteiger charge is -2.22. The van der Waals surface area contributed by atoms with Crippen LogP contribution in [-0.4, -0.2) is 51.2 Å². The summed E-state index contributed by atoms with van der Waals surface area (Å²) in [4.78, 5) is 12.4. The van der Waals surface area contributed by atoms with Gasteiger partial charge in [0.1, 0.15) is 13.2 Å². The fourth-order valence-electron chi connectivity index (χ4n) is 3.24. The second-order valence-corrected chi connectivity index (χ2v) is 8.84. The van der Waals surface area contributed by atoms with Crippen LogP contribution in [-0.2, 0) is 14.8 Å². The summed E-state index contributed by atoms with van der Waals surface area (Å²) in [6.45, 7) is 1.07. The fraction of sp³-hybridized carbons (Fsp3) is 0.526. The standard InChI is InChI=1S/C19H26N2O5S/c1-27(23,24)21(10-9-15-5-3-2-4-6-15)14-19(22)20-16-7-8-17-18(13-16)26-12-11-25-17/h5,7-8,13H,2-4,6,9-12,14H2,1H3,(H,20,22). The number of allylic oxidation sites excluding steroid dienone is 1. The van der Waals surface area contributed by atoms with Gasteiger partial charge in [-0.3, -0.25) is 4.79 Å². The molecule has 0 atom stereocenters. The maximum atomic E-state index is 12.4. The van der Waals surface area contributed by atoms with Crippen molar-refractivity contribution in [2.75, 3.05) is 37.9 Å². The van der Waals surface area contributed by atoms with Crippen molar-refractivity contribution in [2.24, 2.45) is 0 Å². The zero-order valence-electron chi connectivity index (χ0n) is 15.6. The minimum atomic E-state index is -3.47. The highest BCUT2D eigenvalue weighted by atomic mass is 32.2. The van der Waals surface area contributed by atoms with E-state index in [1.807, 2.05) is 0 Å². The molecule has 1 aromatic carbocycles. The summed E-state index contributed by atoms with van der Waals surface area (Å²) in [6.07, 6.45) is 8.41. The number of ether oxygens (including phenoxy) is 2. The summed E-state index contributed by atoms with van der Waals surface area (Å²) in [6, 6.07) is 5.13. The monoisotopic (exact) mass is 394 g/mol. The van der Waals surface area contributed by atoms with E-state index in [0.29, 0.717) is 43.4 Å². The second-order valence-electron chi connectivity index (χ2n) is 6.86. The molecule has 0 spiro atoms. The molecule has 0 saturated heterocycles. The highest BCUT2D eigenvalue weighted by Crippen LogP contribution is 2.32. The van der Waals surface area contributed by atoms with Crippen LogP contribution in [0.2, 0.25) is 0 Å². The van der Waals surface area contributed by atoms with Gasteiger partial charge >= 0.3 is 0 Å². The molecule has 1 amide bonds. The number of hydrogen-bond donors (Lipinski definition) is 1. The number of fused-ring (bicyclic) bond motifs is 1. The van der Waals surface area contributed by atoms with Gasteiger partial charge in [-0.15, -0.1) is 0 Å². The Labute approximate surface area is 160 Å². The quantitative estimate of drug-likeness (QED) is 0.719. The third-order valence-corrected chi connectivity index (χ3v) is 5.93. The maximum Gasteiger partial charge on any atom is 0.239 e. The molecule has 0 saturated carbocycles. The Balaban J connectivity index is 1.59. The van der Waals surface area contributed by atoms with Gasteiger partial charge in [0.25, 0.3) is 0 Å². The molecule has 3 rings (SSSR count). The topological polar surface area (TPSA) is 84.9 Å². The molecule has 27 heavy (non-hydrogen) atoms. The molecular weight excluding hydrogens is 368 g/mol. The van der Waals surface area contributed by atoms with E-state index >= 15 is 0 Å². The lowest BCUT2D eigenvalue weighted by Crippen LogP contribution is -2.38. The lowest BCUT2D eigenvalue weighted by molar-refractivity contribution is -0.116. The van der Waals surface area contributed by atoms with Crippen molar-refractivity contribution in [3.63, 3.8) is 0 Å². The van der Waals surface area contributed by atoms with Crippen LogP contribution in [0.15, 0.2) is 29.8 Å². The zero-order chi connectivity index (χ0) is 19.3. The molecule has 2 aliphatic rings. The van der Waals surface area contributed by atoms with Crippen LogP contribution in [0, 0.1) is 0 Å². The first-order valence-corrected chi connectivity index (χ1v) is 11.1.